The molecule has 1 heterocycles. The first-order chi connectivity index (χ1) is 10.2. The second-order valence-corrected chi connectivity index (χ2v) is 6.00. The van der Waals surface area contributed by atoms with Crippen molar-refractivity contribution in [3.05, 3.63) is 47.6 Å². The molecule has 2 aromatic rings. The van der Waals surface area contributed by atoms with E-state index in [0.29, 0.717) is 6.04 Å². The van der Waals surface area contributed by atoms with Crippen LogP contribution in [0.1, 0.15) is 56.3 Å². The van der Waals surface area contributed by atoms with E-state index < -0.39 is 0 Å². The van der Waals surface area contributed by atoms with E-state index >= 15 is 0 Å². The number of benzene rings is 1. The molecule has 2 atom stereocenters. The number of likely N-dealkylation sites (N-methyl/N-ethyl adjacent to an activating group) is 1. The Morgan fingerprint density at radius 3 is 2.57 bits per heavy atom. The summed E-state index contributed by atoms with van der Waals surface area (Å²) in [6.07, 6.45) is 3.20. The average molecular weight is 285 g/mol. The molecule has 2 unspecified atom stereocenters. The molecule has 0 spiro atoms. The molecule has 0 radical (unpaired) electrons. The van der Waals surface area contributed by atoms with Crippen molar-refractivity contribution in [2.45, 2.75) is 50.5 Å². The van der Waals surface area contributed by atoms with Crippen LogP contribution in [0, 0.1) is 0 Å². The first-order valence-electron chi connectivity index (χ1n) is 7.78. The second kappa shape index (κ2) is 5.60. The van der Waals surface area contributed by atoms with Crippen LogP contribution in [0.5, 0.6) is 0 Å². The van der Waals surface area contributed by atoms with Crippen LogP contribution in [-0.4, -0.2) is 23.2 Å². The number of aromatic nitrogens is 2. The molecule has 1 aliphatic carbocycles. The summed E-state index contributed by atoms with van der Waals surface area (Å²) in [5.41, 5.74) is 1.29. The molecule has 1 aromatic heterocycles. The topological polar surface area (TPSA) is 51.0 Å². The third kappa shape index (κ3) is 2.48. The molecule has 1 N–H and O–H groups in total. The van der Waals surface area contributed by atoms with Crippen molar-refractivity contribution >= 4 is 0 Å². The van der Waals surface area contributed by atoms with Crippen molar-refractivity contribution in [1.29, 1.82) is 0 Å². The van der Waals surface area contributed by atoms with E-state index in [-0.39, 0.29) is 11.3 Å². The normalized spacial score (nSPS) is 19.2. The molecular weight excluding hydrogens is 262 g/mol. The quantitative estimate of drug-likeness (QED) is 0.885. The van der Waals surface area contributed by atoms with Crippen LogP contribution < -0.4 is 5.32 Å². The molecular formula is C17H23N3O. The summed E-state index contributed by atoms with van der Waals surface area (Å²) in [5.74, 6) is 1.88. The van der Waals surface area contributed by atoms with Crippen LogP contribution in [0.3, 0.4) is 0 Å². The van der Waals surface area contributed by atoms with E-state index in [9.17, 15) is 0 Å². The van der Waals surface area contributed by atoms with Gasteiger partial charge in [-0.3, -0.25) is 0 Å². The molecule has 4 heteroatoms. The Hall–Kier alpha value is -1.68. The van der Waals surface area contributed by atoms with Gasteiger partial charge in [-0.05, 0) is 38.8 Å². The molecule has 3 rings (SSSR count). The van der Waals surface area contributed by atoms with E-state index in [4.69, 9.17) is 9.51 Å². The number of hydrogen-bond donors (Lipinski definition) is 1. The van der Waals surface area contributed by atoms with E-state index in [1.165, 1.54) is 5.56 Å². The molecule has 0 bridgehead atoms. The monoisotopic (exact) mass is 285 g/mol. The first-order valence-corrected chi connectivity index (χ1v) is 7.78. The molecule has 1 fully saturated rings. The summed E-state index contributed by atoms with van der Waals surface area (Å²) >= 11 is 0. The Bertz CT molecular complexity index is 589. The van der Waals surface area contributed by atoms with Crippen molar-refractivity contribution in [3.8, 4) is 0 Å². The Kier molecular flexibility index (Phi) is 3.81. The van der Waals surface area contributed by atoms with Gasteiger partial charge < -0.3 is 9.84 Å². The highest BCUT2D eigenvalue weighted by Gasteiger charge is 2.50. The Morgan fingerprint density at radius 2 is 2.00 bits per heavy atom. The van der Waals surface area contributed by atoms with Crippen molar-refractivity contribution in [2.24, 2.45) is 0 Å². The Balaban J connectivity index is 1.89. The summed E-state index contributed by atoms with van der Waals surface area (Å²) in [7, 11) is 1.97. The first kappa shape index (κ1) is 14.3. The lowest BCUT2D eigenvalue weighted by molar-refractivity contribution is 0.318. The molecule has 0 amide bonds. The van der Waals surface area contributed by atoms with Crippen LogP contribution in [-0.2, 0) is 5.41 Å². The maximum Gasteiger partial charge on any atom is 0.231 e. The lowest BCUT2D eigenvalue weighted by Crippen LogP contribution is -2.28. The zero-order valence-corrected chi connectivity index (χ0v) is 13.0. The van der Waals surface area contributed by atoms with Crippen molar-refractivity contribution in [3.63, 3.8) is 0 Å². The molecule has 112 valence electrons. The molecule has 21 heavy (non-hydrogen) atoms. The predicted octanol–water partition coefficient (Wildman–Crippen LogP) is 3.25. The Morgan fingerprint density at radius 1 is 1.29 bits per heavy atom. The van der Waals surface area contributed by atoms with Crippen LogP contribution in [0.25, 0.3) is 0 Å². The average Bonchev–Trinajstić information content (AvgIpc) is 3.21. The van der Waals surface area contributed by atoms with E-state index in [2.05, 4.69) is 48.6 Å². The van der Waals surface area contributed by atoms with E-state index in [1.54, 1.807) is 0 Å². The lowest BCUT2D eigenvalue weighted by Gasteiger charge is -2.18. The fraction of sp³-hybridized carbons (Fsp3) is 0.529. The van der Waals surface area contributed by atoms with Gasteiger partial charge in [0.1, 0.15) is 0 Å². The molecule has 4 nitrogen and oxygen atoms in total. The largest absolute Gasteiger partial charge is 0.339 e. The highest BCUT2D eigenvalue weighted by atomic mass is 16.5. The standard InChI is InChI=1S/C17H23N3O/c1-4-14(12(2)18-3)15-19-16(20-21-15)17(10-11-17)13-8-6-5-7-9-13/h5-9,12,14,18H,4,10-11H2,1-3H3. The lowest BCUT2D eigenvalue weighted by atomic mass is 9.95. The number of nitrogens with one attached hydrogen (secondary N) is 1. The van der Waals surface area contributed by atoms with Crippen molar-refractivity contribution in [1.82, 2.24) is 15.5 Å². The van der Waals surface area contributed by atoms with Crippen LogP contribution in [0.4, 0.5) is 0 Å². The fourth-order valence-electron chi connectivity index (χ4n) is 3.05. The van der Waals surface area contributed by atoms with Crippen LogP contribution in [0.2, 0.25) is 0 Å². The van der Waals surface area contributed by atoms with Gasteiger partial charge >= 0.3 is 0 Å². The van der Waals surface area contributed by atoms with Crippen molar-refractivity contribution in [2.75, 3.05) is 7.05 Å². The van der Waals surface area contributed by atoms with Crippen LogP contribution in [0.15, 0.2) is 34.9 Å². The van der Waals surface area contributed by atoms with Gasteiger partial charge in [-0.1, -0.05) is 42.4 Å². The summed E-state index contributed by atoms with van der Waals surface area (Å²) < 4.78 is 5.59. The Labute approximate surface area is 126 Å². The summed E-state index contributed by atoms with van der Waals surface area (Å²) in [5, 5.41) is 7.58. The molecule has 1 aliphatic rings. The van der Waals surface area contributed by atoms with Gasteiger partial charge in [0.25, 0.3) is 0 Å². The molecule has 1 aromatic carbocycles. The summed E-state index contributed by atoms with van der Waals surface area (Å²) in [6, 6.07) is 10.9. The SMILES string of the molecule is CCC(c1nc(C2(c3ccccc3)CC2)no1)C(C)NC. The van der Waals surface area contributed by atoms with Crippen LogP contribution >= 0.6 is 0 Å². The maximum atomic E-state index is 5.59. The minimum atomic E-state index is -0.00974. The zero-order chi connectivity index (χ0) is 14.9. The van der Waals surface area contributed by atoms with E-state index in [1.807, 2.05) is 13.1 Å². The minimum absolute atomic E-state index is 0.00974. The van der Waals surface area contributed by atoms with Gasteiger partial charge in [-0.2, -0.15) is 4.98 Å². The van der Waals surface area contributed by atoms with Gasteiger partial charge in [-0.15, -0.1) is 0 Å². The predicted molar refractivity (Wildman–Crippen MR) is 82.3 cm³/mol. The van der Waals surface area contributed by atoms with E-state index in [0.717, 1.165) is 31.0 Å². The third-order valence-electron chi connectivity index (χ3n) is 4.76. The zero-order valence-electron chi connectivity index (χ0n) is 13.0. The summed E-state index contributed by atoms with van der Waals surface area (Å²) in [4.78, 5) is 4.74. The maximum absolute atomic E-state index is 5.59. The smallest absolute Gasteiger partial charge is 0.231 e. The van der Waals surface area contributed by atoms with Gasteiger partial charge in [0, 0.05) is 6.04 Å². The highest BCUT2D eigenvalue weighted by Crippen LogP contribution is 2.52. The number of nitrogens with zero attached hydrogens (tertiary/aromatic N) is 2. The third-order valence-corrected chi connectivity index (χ3v) is 4.76. The second-order valence-electron chi connectivity index (χ2n) is 6.00. The number of rotatable bonds is 6. The van der Waals surface area contributed by atoms with Gasteiger partial charge in [-0.25, -0.2) is 0 Å². The summed E-state index contributed by atoms with van der Waals surface area (Å²) in [6.45, 7) is 4.31. The van der Waals surface area contributed by atoms with Gasteiger partial charge in [0.2, 0.25) is 5.89 Å². The number of hydrogen-bond acceptors (Lipinski definition) is 4. The van der Waals surface area contributed by atoms with Gasteiger partial charge in [0.05, 0.1) is 11.3 Å². The molecule has 1 saturated carbocycles. The highest BCUT2D eigenvalue weighted by molar-refractivity contribution is 5.38. The van der Waals surface area contributed by atoms with Crippen molar-refractivity contribution < 1.29 is 4.52 Å². The molecule has 0 aliphatic heterocycles. The molecule has 0 saturated heterocycles. The minimum Gasteiger partial charge on any atom is -0.339 e. The fourth-order valence-corrected chi connectivity index (χ4v) is 3.05. The van der Waals surface area contributed by atoms with Gasteiger partial charge in [0.15, 0.2) is 5.82 Å².